The van der Waals surface area contributed by atoms with Crippen LogP contribution in [0.3, 0.4) is 0 Å². The van der Waals surface area contributed by atoms with E-state index in [1.165, 1.54) is 0 Å². The number of amides is 1. The molecule has 0 N–H and O–H groups in total. The zero-order chi connectivity index (χ0) is 15.8. The van der Waals surface area contributed by atoms with E-state index in [4.69, 9.17) is 9.40 Å². The van der Waals surface area contributed by atoms with Crippen LogP contribution in [0.4, 0.5) is 0 Å². The van der Waals surface area contributed by atoms with Crippen molar-refractivity contribution >= 4 is 16.9 Å². The Hall–Kier alpha value is -2.56. The van der Waals surface area contributed by atoms with Crippen LogP contribution in [0.25, 0.3) is 11.0 Å². The Morgan fingerprint density at radius 3 is 2.87 bits per heavy atom. The second-order valence-electron chi connectivity index (χ2n) is 6.01. The molecule has 3 heterocycles. The third-order valence-corrected chi connectivity index (χ3v) is 4.62. The van der Waals surface area contributed by atoms with Crippen molar-refractivity contribution in [3.8, 4) is 0 Å². The predicted octanol–water partition coefficient (Wildman–Crippen LogP) is 3.53. The second kappa shape index (κ2) is 5.57. The van der Waals surface area contributed by atoms with Gasteiger partial charge in [0.2, 0.25) is 0 Å². The smallest absolute Gasteiger partial charge is 0.290 e. The number of aryl methyl sites for hydroxylation is 1. The molecule has 1 saturated heterocycles. The zero-order valence-corrected chi connectivity index (χ0v) is 13.1. The summed E-state index contributed by atoms with van der Waals surface area (Å²) in [6, 6.07) is 11.6. The number of para-hydroxylation sites is 2. The minimum atomic E-state index is -0.0493. The summed E-state index contributed by atoms with van der Waals surface area (Å²) in [5.41, 5.74) is 2.07. The molecular weight excluding hydrogens is 290 g/mol. The van der Waals surface area contributed by atoms with Gasteiger partial charge in [0.1, 0.15) is 5.82 Å². The Labute approximate surface area is 134 Å². The molecule has 1 aromatic carbocycles. The topological polar surface area (TPSA) is 51.3 Å². The van der Waals surface area contributed by atoms with Crippen molar-refractivity contribution in [2.75, 3.05) is 6.54 Å². The van der Waals surface area contributed by atoms with E-state index in [-0.39, 0.29) is 11.9 Å². The Bertz CT molecular complexity index is 835. The molecule has 1 aliphatic rings. The SMILES string of the molecule is Cn1c([C@@H]2CCCCN2C(=O)c2ccco2)nc2ccccc21. The van der Waals surface area contributed by atoms with Crippen LogP contribution < -0.4 is 0 Å². The van der Waals surface area contributed by atoms with Crippen molar-refractivity contribution in [2.45, 2.75) is 25.3 Å². The van der Waals surface area contributed by atoms with Gasteiger partial charge in [-0.25, -0.2) is 4.98 Å². The molecule has 0 unspecified atom stereocenters. The molecule has 118 valence electrons. The summed E-state index contributed by atoms with van der Waals surface area (Å²) < 4.78 is 7.41. The molecule has 1 atom stereocenters. The summed E-state index contributed by atoms with van der Waals surface area (Å²) in [7, 11) is 2.02. The van der Waals surface area contributed by atoms with Crippen molar-refractivity contribution in [1.82, 2.24) is 14.5 Å². The minimum Gasteiger partial charge on any atom is -0.459 e. The van der Waals surface area contributed by atoms with E-state index in [2.05, 4.69) is 10.6 Å². The third kappa shape index (κ3) is 2.32. The first kappa shape index (κ1) is 14.1. The molecule has 0 spiro atoms. The molecule has 1 amide bonds. The first-order chi connectivity index (χ1) is 11.3. The van der Waals surface area contributed by atoms with E-state index in [9.17, 15) is 4.79 Å². The monoisotopic (exact) mass is 309 g/mol. The third-order valence-electron chi connectivity index (χ3n) is 4.62. The number of furan rings is 1. The van der Waals surface area contributed by atoms with E-state index in [0.29, 0.717) is 5.76 Å². The van der Waals surface area contributed by atoms with Crippen LogP contribution in [0.15, 0.2) is 47.1 Å². The van der Waals surface area contributed by atoms with Crippen molar-refractivity contribution in [1.29, 1.82) is 0 Å². The number of likely N-dealkylation sites (tertiary alicyclic amines) is 1. The van der Waals surface area contributed by atoms with Crippen molar-refractivity contribution in [3.63, 3.8) is 0 Å². The largest absolute Gasteiger partial charge is 0.459 e. The van der Waals surface area contributed by atoms with E-state index in [1.54, 1.807) is 18.4 Å². The number of hydrogen-bond donors (Lipinski definition) is 0. The first-order valence-corrected chi connectivity index (χ1v) is 8.01. The summed E-state index contributed by atoms with van der Waals surface area (Å²) in [4.78, 5) is 19.5. The van der Waals surface area contributed by atoms with Gasteiger partial charge in [0.25, 0.3) is 5.91 Å². The molecule has 23 heavy (non-hydrogen) atoms. The normalized spacial score (nSPS) is 18.5. The standard InChI is InChI=1S/C18H19N3O2/c1-20-14-8-3-2-7-13(14)19-17(20)15-9-4-5-11-21(15)18(22)16-10-6-12-23-16/h2-3,6-8,10,12,15H,4-5,9,11H2,1H3/t15-/m0/s1. The molecule has 2 aromatic heterocycles. The molecule has 1 fully saturated rings. The van der Waals surface area contributed by atoms with E-state index >= 15 is 0 Å². The summed E-state index contributed by atoms with van der Waals surface area (Å²) >= 11 is 0. The van der Waals surface area contributed by atoms with Gasteiger partial charge in [-0.15, -0.1) is 0 Å². The van der Waals surface area contributed by atoms with Crippen molar-refractivity contribution in [3.05, 3.63) is 54.2 Å². The number of hydrogen-bond acceptors (Lipinski definition) is 3. The van der Waals surface area contributed by atoms with E-state index in [1.807, 2.05) is 30.1 Å². The van der Waals surface area contributed by atoms with Gasteiger partial charge in [0, 0.05) is 13.6 Å². The summed E-state index contributed by atoms with van der Waals surface area (Å²) in [5.74, 6) is 1.30. The van der Waals surface area contributed by atoms with Crippen LogP contribution in [0.2, 0.25) is 0 Å². The molecular formula is C18H19N3O2. The average Bonchev–Trinajstić information content (AvgIpc) is 3.23. The van der Waals surface area contributed by atoms with Gasteiger partial charge in [-0.2, -0.15) is 0 Å². The summed E-state index contributed by atoms with van der Waals surface area (Å²) in [5, 5.41) is 0. The van der Waals surface area contributed by atoms with Gasteiger partial charge in [-0.3, -0.25) is 4.79 Å². The highest BCUT2D eigenvalue weighted by atomic mass is 16.3. The number of benzene rings is 1. The lowest BCUT2D eigenvalue weighted by Gasteiger charge is -2.34. The maximum absolute atomic E-state index is 12.8. The fraction of sp³-hybridized carbons (Fsp3) is 0.333. The minimum absolute atomic E-state index is 0.00116. The zero-order valence-electron chi connectivity index (χ0n) is 13.1. The maximum atomic E-state index is 12.8. The first-order valence-electron chi connectivity index (χ1n) is 8.01. The van der Waals surface area contributed by atoms with Gasteiger partial charge in [0.05, 0.1) is 23.3 Å². The molecule has 0 radical (unpaired) electrons. The Kier molecular flexibility index (Phi) is 3.41. The van der Waals surface area contributed by atoms with Crippen LogP contribution in [-0.4, -0.2) is 26.9 Å². The van der Waals surface area contributed by atoms with Crippen molar-refractivity contribution in [2.24, 2.45) is 7.05 Å². The summed E-state index contributed by atoms with van der Waals surface area (Å²) in [6.07, 6.45) is 4.60. The highest BCUT2D eigenvalue weighted by molar-refractivity contribution is 5.91. The lowest BCUT2D eigenvalue weighted by atomic mass is 10.0. The van der Waals surface area contributed by atoms with Crippen LogP contribution in [0.5, 0.6) is 0 Å². The molecule has 5 heteroatoms. The van der Waals surface area contributed by atoms with Gasteiger partial charge in [0.15, 0.2) is 5.76 Å². The number of nitrogens with zero attached hydrogens (tertiary/aromatic N) is 3. The fourth-order valence-corrected chi connectivity index (χ4v) is 3.45. The molecule has 0 bridgehead atoms. The van der Waals surface area contributed by atoms with Gasteiger partial charge in [-0.05, 0) is 43.5 Å². The number of imidazole rings is 1. The van der Waals surface area contributed by atoms with Gasteiger partial charge < -0.3 is 13.9 Å². The van der Waals surface area contributed by atoms with Crippen molar-refractivity contribution < 1.29 is 9.21 Å². The van der Waals surface area contributed by atoms with Gasteiger partial charge >= 0.3 is 0 Å². The van der Waals surface area contributed by atoms with E-state index in [0.717, 1.165) is 42.7 Å². The molecule has 0 saturated carbocycles. The molecule has 3 aromatic rings. The molecule has 5 nitrogen and oxygen atoms in total. The highest BCUT2D eigenvalue weighted by Crippen LogP contribution is 2.33. The predicted molar refractivity (Wildman–Crippen MR) is 87.1 cm³/mol. The Balaban J connectivity index is 1.75. The molecule has 0 aliphatic carbocycles. The quantitative estimate of drug-likeness (QED) is 0.727. The van der Waals surface area contributed by atoms with Crippen LogP contribution in [-0.2, 0) is 7.05 Å². The number of piperidine rings is 1. The fourth-order valence-electron chi connectivity index (χ4n) is 3.45. The van der Waals surface area contributed by atoms with Crippen LogP contribution in [0.1, 0.15) is 41.7 Å². The number of carbonyl (C=O) groups excluding carboxylic acids is 1. The lowest BCUT2D eigenvalue weighted by Crippen LogP contribution is -2.39. The number of aromatic nitrogens is 2. The lowest BCUT2D eigenvalue weighted by molar-refractivity contribution is 0.0564. The van der Waals surface area contributed by atoms with Crippen LogP contribution >= 0.6 is 0 Å². The maximum Gasteiger partial charge on any atom is 0.290 e. The molecule has 1 aliphatic heterocycles. The van der Waals surface area contributed by atoms with Gasteiger partial charge in [-0.1, -0.05) is 12.1 Å². The second-order valence-corrected chi connectivity index (χ2v) is 6.01. The number of rotatable bonds is 2. The van der Waals surface area contributed by atoms with E-state index < -0.39 is 0 Å². The molecule has 4 rings (SSSR count). The number of fused-ring (bicyclic) bond motifs is 1. The highest BCUT2D eigenvalue weighted by Gasteiger charge is 2.32. The Morgan fingerprint density at radius 2 is 2.09 bits per heavy atom. The average molecular weight is 309 g/mol. The number of carbonyl (C=O) groups is 1. The Morgan fingerprint density at radius 1 is 1.22 bits per heavy atom. The van der Waals surface area contributed by atoms with Crippen LogP contribution in [0, 0.1) is 0 Å². The summed E-state index contributed by atoms with van der Waals surface area (Å²) in [6.45, 7) is 0.743.